The Morgan fingerprint density at radius 2 is 0.238 bits per heavy atom. The van der Waals surface area contributed by atoms with E-state index >= 15 is 0 Å². The van der Waals surface area contributed by atoms with Crippen molar-refractivity contribution in [2.45, 2.75) is 233 Å². The van der Waals surface area contributed by atoms with Crippen LogP contribution < -0.4 is 0 Å². The van der Waals surface area contributed by atoms with Crippen LogP contribution in [-0.2, 0) is 267 Å². The van der Waals surface area contributed by atoms with Crippen molar-refractivity contribution < 1.29 is 159 Å². The third kappa shape index (κ3) is 35.3. The summed E-state index contributed by atoms with van der Waals surface area (Å²) in [5.41, 5.74) is 44.0. The Bertz CT molecular complexity index is 1760. The van der Waals surface area contributed by atoms with Crippen LogP contribution in [0.15, 0.2) is 24.3 Å². The van der Waals surface area contributed by atoms with Crippen LogP contribution in [0.25, 0.3) is 0 Å². The van der Waals surface area contributed by atoms with Crippen LogP contribution in [0.3, 0.4) is 0 Å². The van der Waals surface area contributed by atoms with E-state index in [1.54, 1.807) is 0 Å². The van der Waals surface area contributed by atoms with E-state index in [1.165, 1.54) is 193 Å². The zero-order chi connectivity index (χ0) is 53.0. The first-order chi connectivity index (χ1) is 31.3. The third-order valence-corrected chi connectivity index (χ3v) is 18.2. The molecule has 500 valence electrons. The number of hydrogen-bond donors (Lipinski definition) is 0. The molecule has 1 aliphatic carbocycles. The standard InChI is InChI=1S/6C10H15.C8H12.6Mo.2Ni.8H2S/c6*1-6-7(2)9(4)10(5)8(6)3;1-2-4-6-8-7-5-3-1;;;;;;;;;;;;;;;;/h6*1-5H3;1-2,7-8H,3-6H2;;;;;;;;;8*1H2/q6*-1;;;;;;;;;;;;;;;;;/p-8. The summed E-state index contributed by atoms with van der Waals surface area (Å²) in [5.74, 6) is 0. The smallest absolute Gasteiger partial charge is 0 e. The third-order valence-electron chi connectivity index (χ3n) is 18.2. The van der Waals surface area contributed by atoms with Gasteiger partial charge >= 0.3 is 0 Å². The Morgan fingerprint density at radius 1 is 0.179 bits per heavy atom. The quantitative estimate of drug-likeness (QED) is 0.0479. The maximum Gasteiger partial charge on any atom is 0 e. The first kappa shape index (κ1) is 128. The summed E-state index contributed by atoms with van der Waals surface area (Å²) in [7, 11) is 0. The molecule has 6 aromatic rings. The summed E-state index contributed by atoms with van der Waals surface area (Å²) in [4.78, 5) is 0. The van der Waals surface area contributed by atoms with Crippen LogP contribution in [0.1, 0.15) is 193 Å². The fourth-order valence-electron chi connectivity index (χ4n) is 9.29. The first-order valence-corrected chi connectivity index (χ1v) is 25.8. The van der Waals surface area contributed by atoms with Gasteiger partial charge < -0.3 is 108 Å². The molecule has 0 radical (unpaired) electrons. The Labute approximate surface area is 682 Å². The van der Waals surface area contributed by atoms with E-state index in [1.807, 2.05) is 0 Å². The SMILES string of the molecule is C1=CCCC=CCC1.Cc1c(C)c(C)[c-](C)c1C.Cc1c(C)c(C)[c-](C)c1C.Cc1c(C)c(C)[c-](C)c1C.Cc1c(C)c(C)[c-](C)c1C.Cc1c(C)c(C)[c-](C)c1C.Cc1c(C)c(C)[c-](C)c1C.[Mo].[Mo].[Mo].[Mo].[Mo].[Mo].[Ni].[Ni].[SH-].[SH-].[SH-].[SH-].[SH-].[SH-].[SH-].[SH-]. The predicted octanol–water partition coefficient (Wildman–Crippen LogP) is 18.2. The van der Waals surface area contributed by atoms with E-state index in [4.69, 9.17) is 0 Å². The average Bonchev–Trinajstić information content (AvgIpc) is 3.87. The van der Waals surface area contributed by atoms with Crippen molar-refractivity contribution in [1.29, 1.82) is 0 Å². The van der Waals surface area contributed by atoms with Crippen LogP contribution in [0, 0.1) is 208 Å². The van der Waals surface area contributed by atoms with Gasteiger partial charge in [-0.25, -0.2) is 0 Å². The molecule has 0 aliphatic heterocycles. The van der Waals surface area contributed by atoms with Gasteiger partial charge in [0.1, 0.15) is 0 Å². The zero-order valence-corrected chi connectivity index (χ0v) is 78.0. The summed E-state index contributed by atoms with van der Waals surface area (Å²) in [6.45, 7) is 66.0. The molecule has 6 aromatic carbocycles. The molecular formula is C68H110Mo6Ni2S8-14. The minimum atomic E-state index is 0. The topological polar surface area (TPSA) is 0 Å². The second kappa shape index (κ2) is 61.4. The Balaban J connectivity index is -0.0000000445. The van der Waals surface area contributed by atoms with Crippen molar-refractivity contribution in [3.8, 4) is 0 Å². The second-order valence-electron chi connectivity index (χ2n) is 20.8. The number of thiol groups is 8. The van der Waals surface area contributed by atoms with Crippen molar-refractivity contribution >= 4 is 108 Å². The van der Waals surface area contributed by atoms with Crippen molar-refractivity contribution in [3.63, 3.8) is 0 Å². The van der Waals surface area contributed by atoms with E-state index in [0.717, 1.165) is 0 Å². The van der Waals surface area contributed by atoms with E-state index < -0.39 is 0 Å². The normalized spacial score (nSPS) is 9.40. The molecule has 0 amide bonds. The fourth-order valence-corrected chi connectivity index (χ4v) is 9.29. The number of allylic oxidation sites excluding steroid dienone is 4. The summed E-state index contributed by atoms with van der Waals surface area (Å²) in [5, 5.41) is 0. The van der Waals surface area contributed by atoms with Gasteiger partial charge in [0.2, 0.25) is 0 Å². The van der Waals surface area contributed by atoms with Gasteiger partial charge in [-0.2, -0.15) is 167 Å². The molecule has 0 N–H and O–H groups in total. The second-order valence-corrected chi connectivity index (χ2v) is 20.8. The molecular weight excluding hydrogens is 1770 g/mol. The minimum Gasteiger partial charge on any atom is -0.813 e. The molecule has 0 saturated carbocycles. The first-order valence-electron chi connectivity index (χ1n) is 25.8. The van der Waals surface area contributed by atoms with Crippen molar-refractivity contribution in [1.82, 2.24) is 0 Å². The molecule has 84 heavy (non-hydrogen) atoms. The van der Waals surface area contributed by atoms with Crippen LogP contribution >= 0.6 is 0 Å². The fraction of sp³-hybridized carbons (Fsp3) is 0.500. The molecule has 0 unspecified atom stereocenters. The van der Waals surface area contributed by atoms with Gasteiger partial charge in [-0.3, -0.25) is 0 Å². The van der Waals surface area contributed by atoms with Crippen LogP contribution in [0.5, 0.6) is 0 Å². The molecule has 7 rings (SSSR count). The largest absolute Gasteiger partial charge is 0.813 e. The van der Waals surface area contributed by atoms with E-state index in [2.05, 4.69) is 232 Å². The molecule has 0 bridgehead atoms. The van der Waals surface area contributed by atoms with Gasteiger partial charge in [0.05, 0.1) is 0 Å². The summed E-state index contributed by atoms with van der Waals surface area (Å²) < 4.78 is 0. The van der Waals surface area contributed by atoms with Gasteiger partial charge in [-0.1, -0.05) is 232 Å². The average molecular weight is 1880 g/mol. The summed E-state index contributed by atoms with van der Waals surface area (Å²) in [6.07, 6.45) is 14.0. The monoisotopic (exact) mass is 1890 g/mol. The minimum absolute atomic E-state index is 0. The predicted molar refractivity (Wildman–Crippen MR) is 381 cm³/mol. The van der Waals surface area contributed by atoms with Crippen molar-refractivity contribution in [2.75, 3.05) is 0 Å². The van der Waals surface area contributed by atoms with Gasteiger partial charge in [0.25, 0.3) is 0 Å². The van der Waals surface area contributed by atoms with Crippen molar-refractivity contribution in [3.05, 3.63) is 191 Å². The zero-order valence-electron chi connectivity index (χ0n) is 56.8. The maximum atomic E-state index is 2.27. The molecule has 0 saturated heterocycles. The van der Waals surface area contributed by atoms with E-state index in [0.29, 0.717) is 0 Å². The molecule has 1 aliphatic rings. The maximum absolute atomic E-state index is 2.27. The Hall–Kier alpha value is 3.50. The summed E-state index contributed by atoms with van der Waals surface area (Å²) in [6, 6.07) is 0. The van der Waals surface area contributed by atoms with E-state index in [9.17, 15) is 0 Å². The molecule has 0 aromatic heterocycles. The van der Waals surface area contributed by atoms with Crippen LogP contribution in [0.4, 0.5) is 0 Å². The number of rotatable bonds is 0. The molecule has 0 fully saturated rings. The van der Waals surface area contributed by atoms with Crippen molar-refractivity contribution in [2.24, 2.45) is 0 Å². The molecule has 0 atom stereocenters. The van der Waals surface area contributed by atoms with Crippen LogP contribution in [-0.4, -0.2) is 0 Å². The van der Waals surface area contributed by atoms with Gasteiger partial charge in [-0.05, 0) is 25.7 Å². The molecule has 0 heterocycles. The molecule has 16 heteroatoms. The Morgan fingerprint density at radius 3 is 0.274 bits per heavy atom. The molecule has 0 nitrogen and oxygen atoms in total. The van der Waals surface area contributed by atoms with E-state index in [-0.39, 0.29) is 267 Å². The van der Waals surface area contributed by atoms with Gasteiger partial charge in [0.15, 0.2) is 0 Å². The van der Waals surface area contributed by atoms with Gasteiger partial charge in [-0.15, -0.1) is 0 Å². The molecule has 0 spiro atoms. The van der Waals surface area contributed by atoms with Gasteiger partial charge in [0, 0.05) is 159 Å². The number of hydrogen-bond acceptors (Lipinski definition) is 8. The Kier molecular flexibility index (Phi) is 93.6. The summed E-state index contributed by atoms with van der Waals surface area (Å²) >= 11 is 0. The van der Waals surface area contributed by atoms with Crippen LogP contribution in [0.2, 0.25) is 0 Å².